The van der Waals surface area contributed by atoms with Gasteiger partial charge >= 0.3 is 0 Å². The Morgan fingerprint density at radius 2 is 2.00 bits per heavy atom. The molecule has 0 amide bonds. The van der Waals surface area contributed by atoms with E-state index in [-0.39, 0.29) is 0 Å². The molecule has 0 bridgehead atoms. The van der Waals surface area contributed by atoms with Gasteiger partial charge in [-0.3, -0.25) is 0 Å². The van der Waals surface area contributed by atoms with E-state index in [4.69, 9.17) is 21.1 Å². The number of hydrogen-bond donors (Lipinski definition) is 0. The molecule has 1 aliphatic heterocycles. The minimum atomic E-state index is 0.396. The summed E-state index contributed by atoms with van der Waals surface area (Å²) in [6, 6.07) is 2.02. The molecule has 1 heterocycles. The van der Waals surface area contributed by atoms with E-state index in [1.54, 1.807) is 0 Å². The first-order valence-corrected chi connectivity index (χ1v) is 8.45. The fourth-order valence-electron chi connectivity index (χ4n) is 3.01. The minimum absolute atomic E-state index is 0.396. The summed E-state index contributed by atoms with van der Waals surface area (Å²) in [5, 5.41) is 0.842. The first-order valence-electron chi connectivity index (χ1n) is 8.07. The van der Waals surface area contributed by atoms with Crippen LogP contribution in [0.15, 0.2) is 6.07 Å². The Bertz CT molecular complexity index is 498. The van der Waals surface area contributed by atoms with E-state index in [0.717, 1.165) is 47.8 Å². The van der Waals surface area contributed by atoms with Crippen LogP contribution in [0, 0.1) is 13.8 Å². The van der Waals surface area contributed by atoms with Crippen LogP contribution in [-0.4, -0.2) is 18.8 Å². The van der Waals surface area contributed by atoms with Crippen LogP contribution in [0.2, 0.25) is 5.02 Å². The lowest BCUT2D eigenvalue weighted by Gasteiger charge is -2.23. The Hall–Kier alpha value is -0.730. The molecule has 3 heteroatoms. The van der Waals surface area contributed by atoms with Crippen LogP contribution in [0.1, 0.15) is 62.6 Å². The van der Waals surface area contributed by atoms with E-state index in [9.17, 15) is 0 Å². The van der Waals surface area contributed by atoms with Gasteiger partial charge in [0.15, 0.2) is 0 Å². The summed E-state index contributed by atoms with van der Waals surface area (Å²) >= 11 is 6.42. The van der Waals surface area contributed by atoms with E-state index in [1.165, 1.54) is 5.56 Å². The molecule has 3 atom stereocenters. The third-order valence-electron chi connectivity index (χ3n) is 4.41. The van der Waals surface area contributed by atoms with Crippen LogP contribution in [0.4, 0.5) is 0 Å². The van der Waals surface area contributed by atoms with Gasteiger partial charge < -0.3 is 9.47 Å². The van der Waals surface area contributed by atoms with Crippen LogP contribution >= 0.6 is 11.6 Å². The minimum Gasteiger partial charge on any atom is -0.493 e. The van der Waals surface area contributed by atoms with Gasteiger partial charge in [-0.1, -0.05) is 25.4 Å². The molecule has 0 saturated carbocycles. The molecule has 0 radical (unpaired) electrons. The molecule has 1 saturated heterocycles. The van der Waals surface area contributed by atoms with Gasteiger partial charge in [0.25, 0.3) is 0 Å². The predicted octanol–water partition coefficient (Wildman–Crippen LogP) is 5.42. The Balaban J connectivity index is 2.36. The highest BCUT2D eigenvalue weighted by atomic mass is 35.5. The van der Waals surface area contributed by atoms with Gasteiger partial charge in [0.05, 0.1) is 18.8 Å². The lowest BCUT2D eigenvalue weighted by Crippen LogP contribution is -2.10. The monoisotopic (exact) mass is 310 g/mol. The summed E-state index contributed by atoms with van der Waals surface area (Å²) in [5.74, 6) is 1.49. The summed E-state index contributed by atoms with van der Waals surface area (Å²) < 4.78 is 11.7. The highest BCUT2D eigenvalue weighted by molar-refractivity contribution is 6.31. The summed E-state index contributed by atoms with van der Waals surface area (Å²) in [4.78, 5) is 0. The van der Waals surface area contributed by atoms with Crippen molar-refractivity contribution in [2.45, 2.75) is 72.0 Å². The molecule has 0 N–H and O–H groups in total. The van der Waals surface area contributed by atoms with E-state index >= 15 is 0 Å². The maximum atomic E-state index is 6.42. The number of benzene rings is 1. The quantitative estimate of drug-likeness (QED) is 0.627. The van der Waals surface area contributed by atoms with Gasteiger partial charge in [0, 0.05) is 10.6 Å². The van der Waals surface area contributed by atoms with Crippen molar-refractivity contribution < 1.29 is 9.47 Å². The second-order valence-corrected chi connectivity index (χ2v) is 6.52. The Morgan fingerprint density at radius 3 is 2.52 bits per heavy atom. The second kappa shape index (κ2) is 7.02. The van der Waals surface area contributed by atoms with Gasteiger partial charge in [0.2, 0.25) is 0 Å². The van der Waals surface area contributed by atoms with E-state index in [0.29, 0.717) is 18.1 Å². The van der Waals surface area contributed by atoms with E-state index in [1.807, 2.05) is 6.07 Å². The van der Waals surface area contributed by atoms with Gasteiger partial charge in [-0.05, 0) is 63.1 Å². The number of epoxide rings is 1. The fraction of sp³-hybridized carbons (Fsp3) is 0.667. The van der Waals surface area contributed by atoms with Crippen molar-refractivity contribution in [3.8, 4) is 5.75 Å². The van der Waals surface area contributed by atoms with Gasteiger partial charge in [0.1, 0.15) is 5.75 Å². The second-order valence-electron chi connectivity index (χ2n) is 6.11. The van der Waals surface area contributed by atoms with Gasteiger partial charge in [-0.25, -0.2) is 0 Å². The molecule has 0 aliphatic carbocycles. The maximum Gasteiger partial charge on any atom is 0.126 e. The Labute approximate surface area is 133 Å². The van der Waals surface area contributed by atoms with Gasteiger partial charge in [-0.15, -0.1) is 0 Å². The summed E-state index contributed by atoms with van der Waals surface area (Å²) in [7, 11) is 0. The zero-order valence-electron chi connectivity index (χ0n) is 13.8. The summed E-state index contributed by atoms with van der Waals surface area (Å²) in [6.07, 6.45) is 3.95. The first-order chi connectivity index (χ1) is 9.99. The molecule has 2 nitrogen and oxygen atoms in total. The molecule has 1 fully saturated rings. The Kier molecular flexibility index (Phi) is 5.56. The van der Waals surface area contributed by atoms with Crippen molar-refractivity contribution >= 4 is 11.6 Å². The third-order valence-corrected chi connectivity index (χ3v) is 4.81. The van der Waals surface area contributed by atoms with Crippen molar-refractivity contribution in [1.82, 2.24) is 0 Å². The molecule has 3 unspecified atom stereocenters. The third kappa shape index (κ3) is 3.73. The molecular weight excluding hydrogens is 284 g/mol. The fourth-order valence-corrected chi connectivity index (χ4v) is 3.27. The smallest absolute Gasteiger partial charge is 0.126 e. The lowest BCUT2D eigenvalue weighted by molar-refractivity contribution is 0.305. The van der Waals surface area contributed by atoms with Crippen LogP contribution in [0.25, 0.3) is 0 Å². The van der Waals surface area contributed by atoms with Crippen LogP contribution in [-0.2, 0) is 4.74 Å². The van der Waals surface area contributed by atoms with Crippen LogP contribution in [0.5, 0.6) is 5.75 Å². The number of aryl methyl sites for hydroxylation is 1. The van der Waals surface area contributed by atoms with Crippen molar-refractivity contribution in [3.63, 3.8) is 0 Å². The average molecular weight is 311 g/mol. The normalized spacial score (nSPS) is 22.2. The first kappa shape index (κ1) is 16.6. The number of halogens is 1. The highest BCUT2D eigenvalue weighted by Crippen LogP contribution is 2.43. The molecule has 0 aromatic heterocycles. The Morgan fingerprint density at radius 1 is 1.33 bits per heavy atom. The van der Waals surface area contributed by atoms with E-state index < -0.39 is 0 Å². The molecule has 21 heavy (non-hydrogen) atoms. The highest BCUT2D eigenvalue weighted by Gasteiger charge is 2.37. The largest absolute Gasteiger partial charge is 0.493 e. The molecule has 1 aromatic carbocycles. The lowest BCUT2D eigenvalue weighted by atomic mass is 9.86. The van der Waals surface area contributed by atoms with E-state index in [2.05, 4.69) is 34.6 Å². The topological polar surface area (TPSA) is 21.8 Å². The molecular formula is C18H27ClO2. The van der Waals surface area contributed by atoms with Crippen LogP contribution < -0.4 is 4.74 Å². The maximum absolute atomic E-state index is 6.42. The standard InChI is InChI=1S/C18H27ClO2/c1-6-8-20-18-11(3)9-15(19)12(4)17(18)14(7-2)10-16-13(5)21-16/h9,13-14,16H,6-8,10H2,1-5H3. The molecule has 118 valence electrons. The molecule has 1 aromatic rings. The van der Waals surface area contributed by atoms with Crippen molar-refractivity contribution in [2.75, 3.05) is 6.61 Å². The number of rotatable bonds is 7. The SMILES string of the molecule is CCCOc1c(C)cc(Cl)c(C)c1C(CC)CC1OC1C. The van der Waals surface area contributed by atoms with Crippen LogP contribution in [0.3, 0.4) is 0 Å². The summed E-state index contributed by atoms with van der Waals surface area (Å²) in [5.41, 5.74) is 3.59. The zero-order chi connectivity index (χ0) is 15.6. The van der Waals surface area contributed by atoms with Crippen molar-refractivity contribution in [2.24, 2.45) is 0 Å². The van der Waals surface area contributed by atoms with Crippen molar-refractivity contribution in [1.29, 1.82) is 0 Å². The summed E-state index contributed by atoms with van der Waals surface area (Å²) in [6.45, 7) is 11.5. The molecule has 2 rings (SSSR count). The molecule has 1 aliphatic rings. The number of hydrogen-bond acceptors (Lipinski definition) is 2. The average Bonchev–Trinajstić information content (AvgIpc) is 3.14. The van der Waals surface area contributed by atoms with Gasteiger partial charge in [-0.2, -0.15) is 0 Å². The predicted molar refractivity (Wildman–Crippen MR) is 88.7 cm³/mol. The number of ether oxygens (including phenoxy) is 2. The molecule has 0 spiro atoms. The zero-order valence-corrected chi connectivity index (χ0v) is 14.6. The van der Waals surface area contributed by atoms with Crippen molar-refractivity contribution in [3.05, 3.63) is 27.8 Å².